The van der Waals surface area contributed by atoms with Crippen LogP contribution in [0.4, 0.5) is 0 Å². The third-order valence-electron chi connectivity index (χ3n) is 5.06. The van der Waals surface area contributed by atoms with Crippen LogP contribution in [0.2, 0.25) is 0 Å². The number of hydrogen-bond donors (Lipinski definition) is 1. The first-order chi connectivity index (χ1) is 13.7. The maximum atomic E-state index is 12.9. The van der Waals surface area contributed by atoms with E-state index in [2.05, 4.69) is 11.9 Å². The minimum Gasteiger partial charge on any atom is -0.379 e. The summed E-state index contributed by atoms with van der Waals surface area (Å²) < 4.78 is 59.0. The summed E-state index contributed by atoms with van der Waals surface area (Å²) in [6.45, 7) is 5.20. The van der Waals surface area contributed by atoms with Crippen molar-refractivity contribution in [2.45, 2.75) is 28.7 Å². The molecule has 0 aliphatic carbocycles. The van der Waals surface area contributed by atoms with E-state index in [1.165, 1.54) is 39.0 Å². The number of piperidine rings is 1. The lowest BCUT2D eigenvalue weighted by Gasteiger charge is -2.31. The average Bonchev–Trinajstić information content (AvgIpc) is 2.74. The first kappa shape index (κ1) is 21.9. The molecular formula is C18H25N3O6S2. The molecule has 0 bridgehead atoms. The molecule has 3 rings (SSSR count). The van der Waals surface area contributed by atoms with Crippen LogP contribution in [0.25, 0.3) is 0 Å². The number of rotatable bonds is 6. The molecule has 29 heavy (non-hydrogen) atoms. The summed E-state index contributed by atoms with van der Waals surface area (Å²) in [6, 6.07) is 5.22. The Morgan fingerprint density at radius 1 is 0.931 bits per heavy atom. The molecule has 0 spiro atoms. The van der Waals surface area contributed by atoms with Gasteiger partial charge in [0.1, 0.15) is 0 Å². The summed E-state index contributed by atoms with van der Waals surface area (Å²) in [7, 11) is -7.41. The second-order valence-electron chi connectivity index (χ2n) is 6.88. The fourth-order valence-corrected chi connectivity index (χ4v) is 6.25. The molecule has 2 fully saturated rings. The third-order valence-corrected chi connectivity index (χ3v) is 8.88. The molecule has 11 heteroatoms. The van der Waals surface area contributed by atoms with Gasteiger partial charge in [0.25, 0.3) is 0 Å². The Balaban J connectivity index is 1.69. The Hall–Kier alpha value is -1.79. The average molecular weight is 444 g/mol. The van der Waals surface area contributed by atoms with Gasteiger partial charge in [-0.1, -0.05) is 6.58 Å². The smallest absolute Gasteiger partial charge is 0.243 e. The molecule has 1 N–H and O–H groups in total. The van der Waals surface area contributed by atoms with Crippen LogP contribution < -0.4 is 5.32 Å². The third kappa shape index (κ3) is 4.86. The number of sulfonamides is 2. The normalized spacial score (nSPS) is 20.3. The Morgan fingerprint density at radius 3 is 1.83 bits per heavy atom. The van der Waals surface area contributed by atoms with E-state index in [4.69, 9.17) is 4.74 Å². The lowest BCUT2D eigenvalue weighted by molar-refractivity contribution is -0.117. The minimum absolute atomic E-state index is 0.0482. The van der Waals surface area contributed by atoms with Gasteiger partial charge in [-0.2, -0.15) is 8.61 Å². The van der Waals surface area contributed by atoms with Crippen molar-refractivity contribution < 1.29 is 26.4 Å². The van der Waals surface area contributed by atoms with E-state index in [1.807, 2.05) is 0 Å². The number of hydrogen-bond acceptors (Lipinski definition) is 6. The largest absolute Gasteiger partial charge is 0.379 e. The van der Waals surface area contributed by atoms with Gasteiger partial charge in [0.2, 0.25) is 26.0 Å². The highest BCUT2D eigenvalue weighted by molar-refractivity contribution is 7.89. The zero-order chi connectivity index (χ0) is 21.1. The van der Waals surface area contributed by atoms with E-state index in [1.54, 1.807) is 0 Å². The van der Waals surface area contributed by atoms with E-state index in [0.29, 0.717) is 26.1 Å². The molecule has 160 valence electrons. The number of nitrogens with zero attached hydrogens (tertiary/aromatic N) is 2. The van der Waals surface area contributed by atoms with Crippen LogP contribution in [0.5, 0.6) is 0 Å². The standard InChI is InChI=1S/C18H25N3O6S2/c1-2-18(22)19-15-7-9-20(10-8-15)28(23,24)16-3-5-17(6-4-16)29(25,26)21-11-13-27-14-12-21/h2-6,15H,1,7-14H2,(H,19,22). The summed E-state index contributed by atoms with van der Waals surface area (Å²) in [6.07, 6.45) is 2.19. The van der Waals surface area contributed by atoms with Gasteiger partial charge < -0.3 is 10.1 Å². The molecule has 2 heterocycles. The molecule has 1 aromatic carbocycles. The van der Waals surface area contributed by atoms with E-state index in [0.717, 1.165) is 0 Å². The summed E-state index contributed by atoms with van der Waals surface area (Å²) in [5.74, 6) is -0.275. The summed E-state index contributed by atoms with van der Waals surface area (Å²) in [5, 5.41) is 2.78. The van der Waals surface area contributed by atoms with Crippen LogP contribution in [-0.4, -0.2) is 76.8 Å². The van der Waals surface area contributed by atoms with Gasteiger partial charge in [-0.25, -0.2) is 16.8 Å². The van der Waals surface area contributed by atoms with Crippen molar-refractivity contribution in [2.75, 3.05) is 39.4 Å². The first-order valence-electron chi connectivity index (χ1n) is 9.36. The Kier molecular flexibility index (Phi) is 6.74. The van der Waals surface area contributed by atoms with E-state index in [-0.39, 0.29) is 47.9 Å². The molecule has 2 aliphatic rings. The highest BCUT2D eigenvalue weighted by Crippen LogP contribution is 2.24. The number of amides is 1. The number of ether oxygens (including phenoxy) is 1. The number of benzene rings is 1. The van der Waals surface area contributed by atoms with Crippen molar-refractivity contribution in [3.63, 3.8) is 0 Å². The number of nitrogens with one attached hydrogen (secondary N) is 1. The fourth-order valence-electron chi connectivity index (χ4n) is 3.37. The quantitative estimate of drug-likeness (QED) is 0.627. The monoisotopic (exact) mass is 443 g/mol. The summed E-state index contributed by atoms with van der Waals surface area (Å²) in [5.41, 5.74) is 0. The lowest BCUT2D eigenvalue weighted by Crippen LogP contribution is -2.46. The molecule has 9 nitrogen and oxygen atoms in total. The van der Waals surface area contributed by atoms with Crippen LogP contribution in [0.3, 0.4) is 0 Å². The van der Waals surface area contributed by atoms with Crippen molar-refractivity contribution in [1.29, 1.82) is 0 Å². The molecule has 0 atom stereocenters. The predicted molar refractivity (Wildman–Crippen MR) is 106 cm³/mol. The molecule has 2 saturated heterocycles. The van der Waals surface area contributed by atoms with E-state index in [9.17, 15) is 21.6 Å². The highest BCUT2D eigenvalue weighted by atomic mass is 32.2. The molecule has 1 aromatic rings. The molecule has 0 radical (unpaired) electrons. The maximum Gasteiger partial charge on any atom is 0.243 e. The van der Waals surface area contributed by atoms with Gasteiger partial charge in [-0.3, -0.25) is 4.79 Å². The topological polar surface area (TPSA) is 113 Å². The summed E-state index contributed by atoms with van der Waals surface area (Å²) in [4.78, 5) is 11.5. The van der Waals surface area contributed by atoms with Crippen LogP contribution >= 0.6 is 0 Å². The van der Waals surface area contributed by atoms with Crippen LogP contribution in [0.15, 0.2) is 46.7 Å². The van der Waals surface area contributed by atoms with Gasteiger partial charge in [0, 0.05) is 32.2 Å². The first-order valence-corrected chi connectivity index (χ1v) is 12.2. The van der Waals surface area contributed by atoms with Crippen LogP contribution in [0.1, 0.15) is 12.8 Å². The number of carbonyl (C=O) groups excluding carboxylic acids is 1. The fraction of sp³-hybridized carbons (Fsp3) is 0.500. The number of carbonyl (C=O) groups is 1. The molecule has 0 saturated carbocycles. The van der Waals surface area contributed by atoms with Crippen molar-refractivity contribution >= 4 is 26.0 Å². The zero-order valence-electron chi connectivity index (χ0n) is 16.0. The van der Waals surface area contributed by atoms with Gasteiger partial charge in [0.15, 0.2) is 0 Å². The molecule has 1 amide bonds. The molecule has 0 aromatic heterocycles. The van der Waals surface area contributed by atoms with Crippen molar-refractivity contribution in [3.05, 3.63) is 36.9 Å². The van der Waals surface area contributed by atoms with E-state index >= 15 is 0 Å². The van der Waals surface area contributed by atoms with E-state index < -0.39 is 20.0 Å². The lowest BCUT2D eigenvalue weighted by atomic mass is 10.1. The molecular weight excluding hydrogens is 418 g/mol. The SMILES string of the molecule is C=CC(=O)NC1CCN(S(=O)(=O)c2ccc(S(=O)(=O)N3CCOCC3)cc2)CC1. The minimum atomic E-state index is -3.73. The second-order valence-corrected chi connectivity index (χ2v) is 10.8. The van der Waals surface area contributed by atoms with Crippen molar-refractivity contribution in [3.8, 4) is 0 Å². The molecule has 2 aliphatic heterocycles. The second kappa shape index (κ2) is 8.92. The van der Waals surface area contributed by atoms with Gasteiger partial charge in [-0.05, 0) is 43.2 Å². The number of morpholine rings is 1. The Morgan fingerprint density at radius 2 is 1.38 bits per heavy atom. The Labute approximate surface area is 171 Å². The zero-order valence-corrected chi connectivity index (χ0v) is 17.6. The van der Waals surface area contributed by atoms with Crippen molar-refractivity contribution in [2.24, 2.45) is 0 Å². The van der Waals surface area contributed by atoms with Crippen LogP contribution in [-0.2, 0) is 29.6 Å². The van der Waals surface area contributed by atoms with Gasteiger partial charge in [0.05, 0.1) is 23.0 Å². The van der Waals surface area contributed by atoms with Gasteiger partial charge >= 0.3 is 0 Å². The maximum absolute atomic E-state index is 12.9. The predicted octanol–water partition coefficient (Wildman–Crippen LogP) is 0.163. The summed E-state index contributed by atoms with van der Waals surface area (Å²) >= 11 is 0. The highest BCUT2D eigenvalue weighted by Gasteiger charge is 2.31. The van der Waals surface area contributed by atoms with Crippen molar-refractivity contribution in [1.82, 2.24) is 13.9 Å². The molecule has 0 unspecified atom stereocenters. The van der Waals surface area contributed by atoms with Gasteiger partial charge in [-0.15, -0.1) is 0 Å². The van der Waals surface area contributed by atoms with Crippen LogP contribution in [0, 0.1) is 0 Å². The Bertz CT molecular complexity index is 946.